The van der Waals surface area contributed by atoms with E-state index in [1.54, 1.807) is 24.5 Å². The first-order valence-electron chi connectivity index (χ1n) is 6.75. The molecule has 3 rings (SSSR count). The van der Waals surface area contributed by atoms with E-state index >= 15 is 0 Å². The van der Waals surface area contributed by atoms with Crippen LogP contribution in [0.15, 0.2) is 36.5 Å². The Morgan fingerprint density at radius 3 is 2.47 bits per heavy atom. The largest absolute Gasteiger partial charge is 0.294 e. The lowest BCUT2D eigenvalue weighted by molar-refractivity contribution is 0.102. The molecule has 1 aliphatic carbocycles. The zero-order valence-electron chi connectivity index (χ0n) is 11.1. The minimum Gasteiger partial charge on any atom is -0.294 e. The Labute approximate surface area is 117 Å². The third-order valence-electron chi connectivity index (χ3n) is 4.05. The van der Waals surface area contributed by atoms with Gasteiger partial charge in [-0.05, 0) is 18.4 Å². The van der Waals surface area contributed by atoms with Gasteiger partial charge in [0.15, 0.2) is 5.78 Å². The maximum absolute atomic E-state index is 11.5. The van der Waals surface area contributed by atoms with Crippen LogP contribution in [0.25, 0.3) is 0 Å². The van der Waals surface area contributed by atoms with E-state index < -0.39 is 0 Å². The Morgan fingerprint density at radius 1 is 1.21 bits per heavy atom. The fourth-order valence-electron chi connectivity index (χ4n) is 3.02. The zero-order valence-corrected chi connectivity index (χ0v) is 11.9. The SMILES string of the molecule is CC(=O)c1cnc(C2(c3ccccc3)CCCC2)s1. The van der Waals surface area contributed by atoms with Crippen molar-refractivity contribution >= 4 is 17.1 Å². The van der Waals surface area contributed by atoms with Crippen molar-refractivity contribution < 1.29 is 4.79 Å². The van der Waals surface area contributed by atoms with E-state index in [4.69, 9.17) is 0 Å². The highest BCUT2D eigenvalue weighted by Gasteiger charge is 2.39. The number of hydrogen-bond acceptors (Lipinski definition) is 3. The minimum atomic E-state index is 0.0413. The summed E-state index contributed by atoms with van der Waals surface area (Å²) in [4.78, 5) is 16.8. The molecule has 0 N–H and O–H groups in total. The number of nitrogens with zero attached hydrogens (tertiary/aromatic N) is 1. The molecule has 0 radical (unpaired) electrons. The normalized spacial score (nSPS) is 17.5. The number of aromatic nitrogens is 1. The average molecular weight is 271 g/mol. The second kappa shape index (κ2) is 4.89. The first-order chi connectivity index (χ1) is 9.22. The summed E-state index contributed by atoms with van der Waals surface area (Å²) >= 11 is 1.57. The molecule has 0 saturated heterocycles. The fourth-order valence-corrected chi connectivity index (χ4v) is 4.10. The summed E-state index contributed by atoms with van der Waals surface area (Å²) in [6, 6.07) is 10.6. The third kappa shape index (κ3) is 2.12. The monoisotopic (exact) mass is 271 g/mol. The molecule has 2 aromatic rings. The smallest absolute Gasteiger partial charge is 0.171 e. The standard InChI is InChI=1S/C16H17NOS/c1-12(18)14-11-17-15(19-14)16(9-5-6-10-16)13-7-3-2-4-8-13/h2-4,7-8,11H,5-6,9-10H2,1H3. The number of benzene rings is 1. The number of ketones is 1. The average Bonchev–Trinajstić information content (AvgIpc) is 3.09. The molecule has 98 valence electrons. The molecule has 0 aliphatic heterocycles. The predicted molar refractivity (Wildman–Crippen MR) is 77.8 cm³/mol. The molecule has 1 saturated carbocycles. The van der Waals surface area contributed by atoms with Crippen LogP contribution in [0.5, 0.6) is 0 Å². The molecule has 1 aromatic heterocycles. The summed E-state index contributed by atoms with van der Waals surface area (Å²) < 4.78 is 0. The molecule has 0 atom stereocenters. The molecule has 0 spiro atoms. The number of carbonyl (C=O) groups is 1. The van der Waals surface area contributed by atoms with Gasteiger partial charge >= 0.3 is 0 Å². The molecule has 1 fully saturated rings. The molecule has 0 unspecified atom stereocenters. The highest BCUT2D eigenvalue weighted by atomic mass is 32.1. The topological polar surface area (TPSA) is 30.0 Å². The van der Waals surface area contributed by atoms with Crippen LogP contribution < -0.4 is 0 Å². The molecule has 1 aliphatic rings. The molecule has 2 nitrogen and oxygen atoms in total. The lowest BCUT2D eigenvalue weighted by Gasteiger charge is -2.27. The van der Waals surface area contributed by atoms with Gasteiger partial charge in [0.05, 0.1) is 4.88 Å². The molecule has 1 heterocycles. The molecular weight excluding hydrogens is 254 g/mol. The third-order valence-corrected chi connectivity index (χ3v) is 5.35. The van der Waals surface area contributed by atoms with E-state index in [1.807, 2.05) is 0 Å². The lowest BCUT2D eigenvalue weighted by atomic mass is 9.79. The summed E-state index contributed by atoms with van der Waals surface area (Å²) in [5, 5.41) is 1.11. The Kier molecular flexibility index (Phi) is 3.23. The fraction of sp³-hybridized carbons (Fsp3) is 0.375. The van der Waals surface area contributed by atoms with Gasteiger partial charge in [-0.2, -0.15) is 0 Å². The Morgan fingerprint density at radius 2 is 1.89 bits per heavy atom. The van der Waals surface area contributed by atoms with Crippen molar-refractivity contribution in [3.63, 3.8) is 0 Å². The van der Waals surface area contributed by atoms with Gasteiger partial charge in [-0.15, -0.1) is 11.3 Å². The highest BCUT2D eigenvalue weighted by Crippen LogP contribution is 2.47. The Hall–Kier alpha value is -1.48. The summed E-state index contributed by atoms with van der Waals surface area (Å²) in [6.07, 6.45) is 6.50. The van der Waals surface area contributed by atoms with E-state index in [0.717, 1.165) is 22.7 Å². The summed E-state index contributed by atoms with van der Waals surface area (Å²) in [6.45, 7) is 1.61. The number of rotatable bonds is 3. The second-order valence-electron chi connectivity index (χ2n) is 5.24. The molecule has 3 heteroatoms. The van der Waals surface area contributed by atoms with Crippen LogP contribution in [-0.2, 0) is 5.41 Å². The zero-order chi connectivity index (χ0) is 13.3. The number of carbonyl (C=O) groups excluding carboxylic acids is 1. The van der Waals surface area contributed by atoms with Gasteiger partial charge in [0.2, 0.25) is 0 Å². The second-order valence-corrected chi connectivity index (χ2v) is 6.27. The van der Waals surface area contributed by atoms with Gasteiger partial charge < -0.3 is 0 Å². The first kappa shape index (κ1) is 12.5. The number of hydrogen-bond donors (Lipinski definition) is 0. The first-order valence-corrected chi connectivity index (χ1v) is 7.57. The van der Waals surface area contributed by atoms with Gasteiger partial charge in [0.1, 0.15) is 5.01 Å². The molecule has 1 aromatic carbocycles. The lowest BCUT2D eigenvalue weighted by Crippen LogP contribution is -2.23. The van der Waals surface area contributed by atoms with Crippen LogP contribution in [0, 0.1) is 0 Å². The van der Waals surface area contributed by atoms with Gasteiger partial charge in [-0.3, -0.25) is 4.79 Å². The van der Waals surface area contributed by atoms with Crippen molar-refractivity contribution in [3.8, 4) is 0 Å². The quantitative estimate of drug-likeness (QED) is 0.783. The van der Waals surface area contributed by atoms with E-state index in [9.17, 15) is 4.79 Å². The van der Waals surface area contributed by atoms with Crippen molar-refractivity contribution in [2.45, 2.75) is 38.0 Å². The Balaban J connectivity index is 2.08. The van der Waals surface area contributed by atoms with E-state index in [2.05, 4.69) is 35.3 Å². The van der Waals surface area contributed by atoms with Gasteiger partial charge in [0.25, 0.3) is 0 Å². The predicted octanol–water partition coefficient (Wildman–Crippen LogP) is 4.21. The van der Waals surface area contributed by atoms with Gasteiger partial charge in [-0.25, -0.2) is 4.98 Å². The van der Waals surface area contributed by atoms with Crippen molar-refractivity contribution in [1.29, 1.82) is 0 Å². The van der Waals surface area contributed by atoms with Crippen molar-refractivity contribution in [1.82, 2.24) is 4.98 Å². The molecule has 0 amide bonds. The van der Waals surface area contributed by atoms with Crippen molar-refractivity contribution in [3.05, 3.63) is 52.0 Å². The summed E-state index contributed by atoms with van der Waals surface area (Å²) in [5.74, 6) is 0.116. The number of Topliss-reactive ketones (excluding diaryl/α,β-unsaturated/α-hetero) is 1. The highest BCUT2D eigenvalue weighted by molar-refractivity contribution is 7.13. The van der Waals surface area contributed by atoms with Crippen LogP contribution in [0.2, 0.25) is 0 Å². The van der Waals surface area contributed by atoms with Crippen LogP contribution in [-0.4, -0.2) is 10.8 Å². The maximum Gasteiger partial charge on any atom is 0.171 e. The molecule has 0 bridgehead atoms. The van der Waals surface area contributed by atoms with E-state index in [1.165, 1.54) is 18.4 Å². The number of thiazole rings is 1. The van der Waals surface area contributed by atoms with Crippen LogP contribution in [0.3, 0.4) is 0 Å². The molecule has 19 heavy (non-hydrogen) atoms. The minimum absolute atomic E-state index is 0.0413. The van der Waals surface area contributed by atoms with Gasteiger partial charge in [-0.1, -0.05) is 43.2 Å². The summed E-state index contributed by atoms with van der Waals surface area (Å²) in [7, 11) is 0. The van der Waals surface area contributed by atoms with E-state index in [-0.39, 0.29) is 11.2 Å². The Bertz CT molecular complexity index is 582. The molecular formula is C16H17NOS. The van der Waals surface area contributed by atoms with Crippen LogP contribution in [0.1, 0.15) is 52.8 Å². The van der Waals surface area contributed by atoms with Crippen LogP contribution >= 0.6 is 11.3 Å². The van der Waals surface area contributed by atoms with Gasteiger partial charge in [0, 0.05) is 18.5 Å². The van der Waals surface area contributed by atoms with Crippen molar-refractivity contribution in [2.75, 3.05) is 0 Å². The van der Waals surface area contributed by atoms with Crippen molar-refractivity contribution in [2.24, 2.45) is 0 Å². The summed E-state index contributed by atoms with van der Waals surface area (Å²) in [5.41, 5.74) is 1.39. The van der Waals surface area contributed by atoms with E-state index in [0.29, 0.717) is 0 Å². The maximum atomic E-state index is 11.5. The van der Waals surface area contributed by atoms with Crippen LogP contribution in [0.4, 0.5) is 0 Å².